The van der Waals surface area contributed by atoms with Crippen molar-refractivity contribution >= 4 is 5.96 Å². The number of nitrogens with one attached hydrogen (secondary N) is 2. The first-order valence-electron chi connectivity index (χ1n) is 9.95. The van der Waals surface area contributed by atoms with Gasteiger partial charge in [-0.1, -0.05) is 26.0 Å². The van der Waals surface area contributed by atoms with Crippen LogP contribution in [0.25, 0.3) is 0 Å². The topological polar surface area (TPSA) is 58.1 Å². The second kappa shape index (κ2) is 11.1. The van der Waals surface area contributed by atoms with Gasteiger partial charge in [0.2, 0.25) is 0 Å². The van der Waals surface area contributed by atoms with Gasteiger partial charge in [-0.15, -0.1) is 0 Å². The third-order valence-corrected chi connectivity index (χ3v) is 5.17. The Bertz CT molecular complexity index is 598. The molecule has 0 saturated carbocycles. The molecule has 0 radical (unpaired) electrons. The van der Waals surface area contributed by atoms with Crippen LogP contribution in [0.2, 0.25) is 0 Å². The number of guanidine groups is 1. The van der Waals surface area contributed by atoms with Gasteiger partial charge in [0.25, 0.3) is 0 Å². The van der Waals surface area contributed by atoms with E-state index in [4.69, 9.17) is 9.47 Å². The van der Waals surface area contributed by atoms with Gasteiger partial charge in [0.05, 0.1) is 20.3 Å². The Morgan fingerprint density at radius 3 is 2.63 bits per heavy atom. The molecule has 1 atom stereocenters. The maximum Gasteiger partial charge on any atom is 0.191 e. The van der Waals surface area contributed by atoms with Crippen molar-refractivity contribution in [3.05, 3.63) is 29.3 Å². The van der Waals surface area contributed by atoms with Crippen LogP contribution in [0, 0.1) is 12.8 Å². The van der Waals surface area contributed by atoms with Crippen molar-refractivity contribution in [3.63, 3.8) is 0 Å². The minimum absolute atomic E-state index is 0.480. The minimum Gasteiger partial charge on any atom is -0.496 e. The Morgan fingerprint density at radius 2 is 2.00 bits per heavy atom. The lowest BCUT2D eigenvalue weighted by Crippen LogP contribution is -2.52. The molecule has 2 N–H and O–H groups in total. The van der Waals surface area contributed by atoms with Crippen LogP contribution in [-0.4, -0.2) is 70.5 Å². The van der Waals surface area contributed by atoms with Gasteiger partial charge in [0.15, 0.2) is 5.96 Å². The van der Waals surface area contributed by atoms with E-state index in [0.29, 0.717) is 12.0 Å². The molecule has 152 valence electrons. The van der Waals surface area contributed by atoms with Crippen LogP contribution in [0.3, 0.4) is 0 Å². The largest absolute Gasteiger partial charge is 0.496 e. The van der Waals surface area contributed by atoms with Crippen LogP contribution in [0.1, 0.15) is 25.0 Å². The Labute approximate surface area is 164 Å². The van der Waals surface area contributed by atoms with Crippen molar-refractivity contribution < 1.29 is 9.47 Å². The van der Waals surface area contributed by atoms with Crippen LogP contribution < -0.4 is 15.4 Å². The SMILES string of the molecule is CN=C(NCCc1ccc(C)c(OC)c1)NCC(C(C)C)N1CCOCC1. The monoisotopic (exact) mass is 376 g/mol. The number of aryl methyl sites for hydroxylation is 1. The van der Waals surface area contributed by atoms with Crippen LogP contribution in [0.5, 0.6) is 5.75 Å². The molecule has 0 amide bonds. The van der Waals surface area contributed by atoms with Crippen molar-refractivity contribution in [3.8, 4) is 5.75 Å². The Hall–Kier alpha value is -1.79. The Kier molecular flexibility index (Phi) is 8.88. The normalized spacial score (nSPS) is 17.0. The molecule has 1 fully saturated rings. The standard InChI is InChI=1S/C21H36N4O2/c1-16(2)19(25-10-12-27-13-11-25)15-24-21(22-4)23-9-8-18-7-6-17(3)20(14-18)26-5/h6-7,14,16,19H,8-13,15H2,1-5H3,(H2,22,23,24). The molecule has 27 heavy (non-hydrogen) atoms. The zero-order valence-electron chi connectivity index (χ0n) is 17.5. The number of rotatable bonds is 8. The van der Waals surface area contributed by atoms with E-state index in [1.807, 2.05) is 7.05 Å². The average molecular weight is 377 g/mol. The highest BCUT2D eigenvalue weighted by Gasteiger charge is 2.23. The predicted molar refractivity (Wildman–Crippen MR) is 112 cm³/mol. The fourth-order valence-electron chi connectivity index (χ4n) is 3.46. The summed E-state index contributed by atoms with van der Waals surface area (Å²) >= 11 is 0. The highest BCUT2D eigenvalue weighted by atomic mass is 16.5. The quantitative estimate of drug-likeness (QED) is 0.537. The lowest BCUT2D eigenvalue weighted by Gasteiger charge is -2.37. The maximum atomic E-state index is 5.49. The number of hydrogen-bond acceptors (Lipinski definition) is 4. The third kappa shape index (κ3) is 6.70. The first-order chi connectivity index (χ1) is 13.0. The molecule has 1 saturated heterocycles. The van der Waals surface area contributed by atoms with E-state index in [9.17, 15) is 0 Å². The van der Waals surface area contributed by atoms with Crippen molar-refractivity contribution in [2.24, 2.45) is 10.9 Å². The number of morpholine rings is 1. The molecule has 2 rings (SSSR count). The van der Waals surface area contributed by atoms with E-state index < -0.39 is 0 Å². The molecule has 1 aliphatic rings. The van der Waals surface area contributed by atoms with Gasteiger partial charge in [0, 0.05) is 39.3 Å². The van der Waals surface area contributed by atoms with E-state index in [1.165, 1.54) is 5.56 Å². The van der Waals surface area contributed by atoms with Crippen molar-refractivity contribution in [1.29, 1.82) is 0 Å². The molecule has 1 aromatic rings. The lowest BCUT2D eigenvalue weighted by molar-refractivity contribution is 0.00752. The van der Waals surface area contributed by atoms with Gasteiger partial charge in [0.1, 0.15) is 5.75 Å². The average Bonchev–Trinajstić information content (AvgIpc) is 2.68. The number of aliphatic imine (C=N–C) groups is 1. The summed E-state index contributed by atoms with van der Waals surface area (Å²) in [5.41, 5.74) is 2.42. The van der Waals surface area contributed by atoms with Crippen LogP contribution in [-0.2, 0) is 11.2 Å². The van der Waals surface area contributed by atoms with Crippen LogP contribution in [0.15, 0.2) is 23.2 Å². The fourth-order valence-corrected chi connectivity index (χ4v) is 3.46. The van der Waals surface area contributed by atoms with Crippen LogP contribution >= 0.6 is 0 Å². The predicted octanol–water partition coefficient (Wildman–Crippen LogP) is 2.07. The van der Waals surface area contributed by atoms with Crippen molar-refractivity contribution in [2.75, 3.05) is 53.6 Å². The summed E-state index contributed by atoms with van der Waals surface area (Å²) in [5, 5.41) is 6.92. The summed E-state index contributed by atoms with van der Waals surface area (Å²) in [6.07, 6.45) is 0.925. The second-order valence-electron chi connectivity index (χ2n) is 7.39. The number of nitrogens with zero attached hydrogens (tertiary/aromatic N) is 2. The zero-order chi connectivity index (χ0) is 19.6. The van der Waals surface area contributed by atoms with Gasteiger partial charge >= 0.3 is 0 Å². The van der Waals surface area contributed by atoms with Gasteiger partial charge < -0.3 is 20.1 Å². The summed E-state index contributed by atoms with van der Waals surface area (Å²) in [4.78, 5) is 6.89. The van der Waals surface area contributed by atoms with Gasteiger partial charge in [-0.05, 0) is 36.5 Å². The van der Waals surface area contributed by atoms with Crippen LogP contribution in [0.4, 0.5) is 0 Å². The van der Waals surface area contributed by atoms with Gasteiger partial charge in [-0.25, -0.2) is 0 Å². The van der Waals surface area contributed by atoms with E-state index in [0.717, 1.165) is 63.1 Å². The molecule has 1 aromatic carbocycles. The van der Waals surface area contributed by atoms with Crippen molar-refractivity contribution in [2.45, 2.75) is 33.2 Å². The smallest absolute Gasteiger partial charge is 0.191 e. The van der Waals surface area contributed by atoms with E-state index >= 15 is 0 Å². The fraction of sp³-hybridized carbons (Fsp3) is 0.667. The van der Waals surface area contributed by atoms with Gasteiger partial charge in [-0.2, -0.15) is 0 Å². The molecule has 0 aromatic heterocycles. The maximum absolute atomic E-state index is 5.49. The molecule has 1 heterocycles. The molecule has 1 aliphatic heterocycles. The van der Waals surface area contributed by atoms with E-state index in [2.05, 4.69) is 59.5 Å². The zero-order valence-corrected chi connectivity index (χ0v) is 17.5. The number of hydrogen-bond donors (Lipinski definition) is 2. The molecule has 0 aliphatic carbocycles. The molecular weight excluding hydrogens is 340 g/mol. The number of benzene rings is 1. The molecular formula is C21H36N4O2. The highest BCUT2D eigenvalue weighted by Crippen LogP contribution is 2.19. The molecule has 0 bridgehead atoms. The summed E-state index contributed by atoms with van der Waals surface area (Å²) in [6, 6.07) is 6.86. The first-order valence-corrected chi connectivity index (χ1v) is 9.95. The number of methoxy groups -OCH3 is 1. The Balaban J connectivity index is 1.80. The lowest BCUT2D eigenvalue weighted by atomic mass is 10.0. The second-order valence-corrected chi connectivity index (χ2v) is 7.39. The van der Waals surface area contributed by atoms with Gasteiger partial charge in [-0.3, -0.25) is 9.89 Å². The highest BCUT2D eigenvalue weighted by molar-refractivity contribution is 5.79. The summed E-state index contributed by atoms with van der Waals surface area (Å²) < 4.78 is 10.9. The molecule has 1 unspecified atom stereocenters. The summed E-state index contributed by atoms with van der Waals surface area (Å²) in [5.74, 6) is 2.38. The van der Waals surface area contributed by atoms with Crippen molar-refractivity contribution in [1.82, 2.24) is 15.5 Å². The van der Waals surface area contributed by atoms with E-state index in [-0.39, 0.29) is 0 Å². The third-order valence-electron chi connectivity index (χ3n) is 5.17. The first kappa shape index (κ1) is 21.5. The number of ether oxygens (including phenoxy) is 2. The molecule has 6 nitrogen and oxygen atoms in total. The molecule has 6 heteroatoms. The Morgan fingerprint density at radius 1 is 1.26 bits per heavy atom. The summed E-state index contributed by atoms with van der Waals surface area (Å²) in [6.45, 7) is 12.0. The van der Waals surface area contributed by atoms with E-state index in [1.54, 1.807) is 7.11 Å². The summed E-state index contributed by atoms with van der Waals surface area (Å²) in [7, 11) is 3.54. The molecule has 0 spiro atoms. The minimum atomic E-state index is 0.480.